The lowest BCUT2D eigenvalue weighted by atomic mass is 10.1. The third kappa shape index (κ3) is 3.91. The molecule has 0 aliphatic rings. The summed E-state index contributed by atoms with van der Waals surface area (Å²) >= 11 is 0. The van der Waals surface area contributed by atoms with E-state index in [0.29, 0.717) is 39.7 Å². The van der Waals surface area contributed by atoms with Crippen LogP contribution >= 0.6 is 0 Å². The van der Waals surface area contributed by atoms with Crippen LogP contribution in [-0.4, -0.2) is 25.1 Å². The van der Waals surface area contributed by atoms with Gasteiger partial charge in [0.1, 0.15) is 17.0 Å². The highest BCUT2D eigenvalue weighted by atomic mass is 16.5. The van der Waals surface area contributed by atoms with Crippen LogP contribution in [-0.2, 0) is 0 Å². The molecule has 0 bridgehead atoms. The number of oxazole rings is 1. The van der Waals surface area contributed by atoms with E-state index in [2.05, 4.69) is 10.3 Å². The molecule has 0 saturated carbocycles. The number of nitrogens with zero attached hydrogens (tertiary/aromatic N) is 1. The Hall–Kier alpha value is -3.80. The van der Waals surface area contributed by atoms with Gasteiger partial charge in [0.25, 0.3) is 5.91 Å². The molecule has 3 aromatic carbocycles. The molecule has 6 heteroatoms. The monoisotopic (exact) mass is 388 g/mol. The average molecular weight is 388 g/mol. The van der Waals surface area contributed by atoms with Crippen LogP contribution in [0.15, 0.2) is 65.1 Å². The van der Waals surface area contributed by atoms with E-state index in [-0.39, 0.29) is 5.91 Å². The second-order valence-corrected chi connectivity index (χ2v) is 6.62. The number of aromatic nitrogens is 1. The Morgan fingerprint density at radius 3 is 2.28 bits per heavy atom. The standard InChI is InChI=1S/C23H20N2O4/c1-14-4-6-15(7-5-14)23-25-20-12-17(8-9-21(20)29-23)24-22(26)16-10-18(27-2)13-19(11-16)28-3/h4-13H,1-3H3,(H,24,26). The number of nitrogens with one attached hydrogen (secondary N) is 1. The van der Waals surface area contributed by atoms with Gasteiger partial charge in [-0.25, -0.2) is 4.98 Å². The molecule has 1 aromatic heterocycles. The highest BCUT2D eigenvalue weighted by Gasteiger charge is 2.13. The number of ether oxygens (including phenoxy) is 2. The molecule has 0 saturated heterocycles. The van der Waals surface area contributed by atoms with Crippen molar-refractivity contribution in [1.29, 1.82) is 0 Å². The lowest BCUT2D eigenvalue weighted by molar-refractivity contribution is 0.102. The van der Waals surface area contributed by atoms with Crippen molar-refractivity contribution in [2.24, 2.45) is 0 Å². The Balaban J connectivity index is 1.60. The van der Waals surface area contributed by atoms with Crippen LogP contribution in [0.2, 0.25) is 0 Å². The fourth-order valence-electron chi connectivity index (χ4n) is 2.97. The summed E-state index contributed by atoms with van der Waals surface area (Å²) in [6, 6.07) is 18.3. The van der Waals surface area contributed by atoms with Crippen molar-refractivity contribution >= 4 is 22.7 Å². The SMILES string of the molecule is COc1cc(OC)cc(C(=O)Nc2ccc3oc(-c4ccc(C)cc4)nc3c2)c1. The Labute approximate surface area is 168 Å². The van der Waals surface area contributed by atoms with Crippen LogP contribution in [0.1, 0.15) is 15.9 Å². The maximum atomic E-state index is 12.7. The summed E-state index contributed by atoms with van der Waals surface area (Å²) in [5.41, 5.74) is 4.45. The van der Waals surface area contributed by atoms with E-state index < -0.39 is 0 Å². The van der Waals surface area contributed by atoms with Crippen LogP contribution in [0.5, 0.6) is 11.5 Å². The number of aryl methyl sites for hydroxylation is 1. The second-order valence-electron chi connectivity index (χ2n) is 6.62. The average Bonchev–Trinajstić information content (AvgIpc) is 3.17. The number of methoxy groups -OCH3 is 2. The van der Waals surface area contributed by atoms with E-state index in [1.165, 1.54) is 5.56 Å². The molecule has 1 N–H and O–H groups in total. The Kier molecular flexibility index (Phi) is 4.91. The summed E-state index contributed by atoms with van der Waals surface area (Å²) in [5.74, 6) is 1.36. The predicted molar refractivity (Wildman–Crippen MR) is 112 cm³/mol. The van der Waals surface area contributed by atoms with Gasteiger partial charge in [0.15, 0.2) is 5.58 Å². The van der Waals surface area contributed by atoms with Gasteiger partial charge in [0.2, 0.25) is 5.89 Å². The minimum absolute atomic E-state index is 0.274. The lowest BCUT2D eigenvalue weighted by Crippen LogP contribution is -2.12. The summed E-state index contributed by atoms with van der Waals surface area (Å²) in [5, 5.41) is 2.88. The van der Waals surface area contributed by atoms with Crippen LogP contribution in [0.4, 0.5) is 5.69 Å². The molecule has 146 valence electrons. The van der Waals surface area contributed by atoms with E-state index in [1.54, 1.807) is 50.6 Å². The van der Waals surface area contributed by atoms with Gasteiger partial charge in [-0.3, -0.25) is 4.79 Å². The van der Waals surface area contributed by atoms with Gasteiger partial charge < -0.3 is 19.2 Å². The van der Waals surface area contributed by atoms with Gasteiger partial charge in [-0.15, -0.1) is 0 Å². The number of anilines is 1. The zero-order valence-electron chi connectivity index (χ0n) is 16.4. The topological polar surface area (TPSA) is 73.6 Å². The molecule has 1 heterocycles. The quantitative estimate of drug-likeness (QED) is 0.516. The van der Waals surface area contributed by atoms with E-state index in [0.717, 1.165) is 5.56 Å². The predicted octanol–water partition coefficient (Wildman–Crippen LogP) is 5.07. The molecule has 4 aromatic rings. The van der Waals surface area contributed by atoms with E-state index in [9.17, 15) is 4.79 Å². The number of hydrogen-bond donors (Lipinski definition) is 1. The zero-order chi connectivity index (χ0) is 20.4. The highest BCUT2D eigenvalue weighted by molar-refractivity contribution is 6.05. The van der Waals surface area contributed by atoms with Crippen molar-refractivity contribution < 1.29 is 18.7 Å². The summed E-state index contributed by atoms with van der Waals surface area (Å²) in [7, 11) is 3.08. The van der Waals surface area contributed by atoms with Crippen LogP contribution in [0.3, 0.4) is 0 Å². The maximum absolute atomic E-state index is 12.7. The van der Waals surface area contributed by atoms with Gasteiger partial charge in [-0.05, 0) is 49.4 Å². The molecule has 0 aliphatic heterocycles. The molecule has 0 fully saturated rings. The van der Waals surface area contributed by atoms with Gasteiger partial charge in [0, 0.05) is 22.9 Å². The number of benzene rings is 3. The summed E-state index contributed by atoms with van der Waals surface area (Å²) in [6.07, 6.45) is 0. The number of rotatable bonds is 5. The van der Waals surface area contributed by atoms with Gasteiger partial charge in [-0.2, -0.15) is 0 Å². The molecule has 6 nitrogen and oxygen atoms in total. The maximum Gasteiger partial charge on any atom is 0.255 e. The smallest absolute Gasteiger partial charge is 0.255 e. The minimum Gasteiger partial charge on any atom is -0.497 e. The zero-order valence-corrected chi connectivity index (χ0v) is 16.4. The normalized spacial score (nSPS) is 10.7. The molecule has 0 radical (unpaired) electrons. The summed E-state index contributed by atoms with van der Waals surface area (Å²) in [4.78, 5) is 17.2. The number of carbonyl (C=O) groups excluding carboxylic acids is 1. The van der Waals surface area contributed by atoms with Crippen LogP contribution in [0.25, 0.3) is 22.6 Å². The van der Waals surface area contributed by atoms with Gasteiger partial charge >= 0.3 is 0 Å². The van der Waals surface area contributed by atoms with E-state index in [4.69, 9.17) is 13.9 Å². The number of amides is 1. The second kappa shape index (κ2) is 7.67. The Bertz CT molecular complexity index is 1160. The fraction of sp³-hybridized carbons (Fsp3) is 0.130. The Morgan fingerprint density at radius 1 is 0.931 bits per heavy atom. The molecule has 1 amide bonds. The first kappa shape index (κ1) is 18.6. The fourth-order valence-corrected chi connectivity index (χ4v) is 2.97. The van der Waals surface area contributed by atoms with E-state index in [1.807, 2.05) is 31.2 Å². The van der Waals surface area contributed by atoms with Gasteiger partial charge in [0.05, 0.1) is 14.2 Å². The number of carbonyl (C=O) groups is 1. The lowest BCUT2D eigenvalue weighted by Gasteiger charge is -2.09. The Morgan fingerprint density at radius 2 is 1.62 bits per heavy atom. The summed E-state index contributed by atoms with van der Waals surface area (Å²) < 4.78 is 16.3. The molecule has 0 spiro atoms. The molecule has 0 aliphatic carbocycles. The third-order valence-corrected chi connectivity index (χ3v) is 4.56. The molecular weight excluding hydrogens is 368 g/mol. The van der Waals surface area contributed by atoms with Crippen molar-refractivity contribution in [1.82, 2.24) is 4.98 Å². The number of fused-ring (bicyclic) bond motifs is 1. The van der Waals surface area contributed by atoms with Crippen LogP contribution in [0, 0.1) is 6.92 Å². The first-order chi connectivity index (χ1) is 14.1. The molecule has 29 heavy (non-hydrogen) atoms. The van der Waals surface area contributed by atoms with Crippen molar-refractivity contribution in [2.75, 3.05) is 19.5 Å². The van der Waals surface area contributed by atoms with Crippen molar-refractivity contribution in [2.45, 2.75) is 6.92 Å². The first-order valence-corrected chi connectivity index (χ1v) is 9.08. The van der Waals surface area contributed by atoms with Crippen molar-refractivity contribution in [3.8, 4) is 23.0 Å². The summed E-state index contributed by atoms with van der Waals surface area (Å²) in [6.45, 7) is 2.03. The molecule has 0 unspecified atom stereocenters. The van der Waals surface area contributed by atoms with E-state index >= 15 is 0 Å². The van der Waals surface area contributed by atoms with Crippen molar-refractivity contribution in [3.63, 3.8) is 0 Å². The van der Waals surface area contributed by atoms with Crippen molar-refractivity contribution in [3.05, 3.63) is 71.8 Å². The minimum atomic E-state index is -0.274. The molecular formula is C23H20N2O4. The largest absolute Gasteiger partial charge is 0.497 e. The highest BCUT2D eigenvalue weighted by Crippen LogP contribution is 2.27. The number of hydrogen-bond acceptors (Lipinski definition) is 5. The third-order valence-electron chi connectivity index (χ3n) is 4.56. The van der Waals surface area contributed by atoms with Gasteiger partial charge in [-0.1, -0.05) is 17.7 Å². The molecule has 0 atom stereocenters. The molecule has 4 rings (SSSR count). The van der Waals surface area contributed by atoms with Crippen LogP contribution < -0.4 is 14.8 Å². The first-order valence-electron chi connectivity index (χ1n) is 9.08.